The van der Waals surface area contributed by atoms with E-state index in [1.807, 2.05) is 12.1 Å². The summed E-state index contributed by atoms with van der Waals surface area (Å²) in [5.41, 5.74) is 1.50. The zero-order valence-electron chi connectivity index (χ0n) is 12.5. The Hall–Kier alpha value is -1.95. The highest BCUT2D eigenvalue weighted by Crippen LogP contribution is 2.23. The van der Waals surface area contributed by atoms with Crippen LogP contribution >= 0.6 is 11.6 Å². The number of pyridine rings is 1. The van der Waals surface area contributed by atoms with Crippen LogP contribution in [0, 0.1) is 0 Å². The van der Waals surface area contributed by atoms with Crippen molar-refractivity contribution in [1.82, 2.24) is 10.3 Å². The van der Waals surface area contributed by atoms with E-state index in [4.69, 9.17) is 16.3 Å². The topological polar surface area (TPSA) is 71.5 Å². The maximum Gasteiger partial charge on any atom is 0.253 e. The molecule has 0 spiro atoms. The summed E-state index contributed by atoms with van der Waals surface area (Å²) < 4.78 is 5.29. The maximum absolute atomic E-state index is 12.5. The van der Waals surface area contributed by atoms with Gasteiger partial charge in [0, 0.05) is 29.6 Å². The van der Waals surface area contributed by atoms with E-state index in [-0.39, 0.29) is 12.5 Å². The Kier molecular flexibility index (Phi) is 4.61. The molecule has 1 aromatic heterocycles. The number of aromatic nitrogens is 1. The first-order valence-electron chi connectivity index (χ1n) is 7.34. The largest absolute Gasteiger partial charge is 0.394 e. The number of aliphatic hydroxyl groups is 1. The molecule has 1 aromatic carbocycles. The van der Waals surface area contributed by atoms with Crippen LogP contribution in [0.3, 0.4) is 0 Å². The highest BCUT2D eigenvalue weighted by molar-refractivity contribution is 6.30. The molecule has 1 saturated heterocycles. The van der Waals surface area contributed by atoms with Gasteiger partial charge in [-0.2, -0.15) is 0 Å². The number of hydrogen-bond acceptors (Lipinski definition) is 4. The molecular weight excluding hydrogens is 316 g/mol. The third-order valence-electron chi connectivity index (χ3n) is 3.96. The molecular formula is C17H17ClN2O3. The summed E-state index contributed by atoms with van der Waals surface area (Å²) in [5, 5.41) is 13.1. The number of rotatable bonds is 4. The Morgan fingerprint density at radius 3 is 2.74 bits per heavy atom. The van der Waals surface area contributed by atoms with Crippen molar-refractivity contribution in [2.24, 2.45) is 0 Å². The zero-order chi connectivity index (χ0) is 16.3. The second-order valence-corrected chi connectivity index (χ2v) is 6.10. The summed E-state index contributed by atoms with van der Waals surface area (Å²) in [5.74, 6) is -0.270. The highest BCUT2D eigenvalue weighted by atomic mass is 35.5. The number of aliphatic hydroxyl groups excluding tert-OH is 1. The number of benzene rings is 1. The fourth-order valence-electron chi connectivity index (χ4n) is 2.55. The SMILES string of the molecule is O=C(NC1(CO)CCOC1)c1cncc(-c2ccc(Cl)cc2)c1. The smallest absolute Gasteiger partial charge is 0.253 e. The normalized spacial score (nSPS) is 20.4. The van der Waals surface area contributed by atoms with Crippen LogP contribution in [-0.4, -0.2) is 41.4 Å². The van der Waals surface area contributed by atoms with E-state index in [2.05, 4.69) is 10.3 Å². The van der Waals surface area contributed by atoms with Crippen LogP contribution in [0.25, 0.3) is 11.1 Å². The third kappa shape index (κ3) is 3.52. The average Bonchev–Trinajstić information content (AvgIpc) is 3.05. The number of halogens is 1. The van der Waals surface area contributed by atoms with Crippen LogP contribution in [0.2, 0.25) is 5.02 Å². The first kappa shape index (κ1) is 15.9. The van der Waals surface area contributed by atoms with E-state index in [1.54, 1.807) is 24.4 Å². The van der Waals surface area contributed by atoms with Crippen LogP contribution < -0.4 is 5.32 Å². The maximum atomic E-state index is 12.5. The number of nitrogens with one attached hydrogen (secondary N) is 1. The number of nitrogens with zero attached hydrogens (tertiary/aromatic N) is 1. The van der Waals surface area contributed by atoms with E-state index in [0.717, 1.165) is 11.1 Å². The van der Waals surface area contributed by atoms with Gasteiger partial charge in [-0.25, -0.2) is 0 Å². The molecule has 2 N–H and O–H groups in total. The molecule has 1 amide bonds. The Bertz CT molecular complexity index is 697. The van der Waals surface area contributed by atoms with Crippen LogP contribution in [0.4, 0.5) is 0 Å². The fourth-order valence-corrected chi connectivity index (χ4v) is 2.67. The van der Waals surface area contributed by atoms with Gasteiger partial charge in [-0.1, -0.05) is 23.7 Å². The summed E-state index contributed by atoms with van der Waals surface area (Å²) in [4.78, 5) is 16.6. The minimum atomic E-state index is -0.701. The molecule has 120 valence electrons. The predicted molar refractivity (Wildman–Crippen MR) is 87.4 cm³/mol. The van der Waals surface area contributed by atoms with Crippen LogP contribution in [0.1, 0.15) is 16.8 Å². The molecule has 5 nitrogen and oxygen atoms in total. The molecule has 23 heavy (non-hydrogen) atoms. The van der Waals surface area contributed by atoms with Gasteiger partial charge in [0.25, 0.3) is 5.91 Å². The van der Waals surface area contributed by atoms with Crippen molar-refractivity contribution >= 4 is 17.5 Å². The molecule has 1 unspecified atom stereocenters. The fraction of sp³-hybridized carbons (Fsp3) is 0.294. The van der Waals surface area contributed by atoms with Crippen molar-refractivity contribution in [2.75, 3.05) is 19.8 Å². The van der Waals surface area contributed by atoms with Gasteiger partial charge in [0.15, 0.2) is 0 Å². The summed E-state index contributed by atoms with van der Waals surface area (Å²) in [7, 11) is 0. The lowest BCUT2D eigenvalue weighted by Crippen LogP contribution is -2.52. The Morgan fingerprint density at radius 1 is 1.30 bits per heavy atom. The lowest BCUT2D eigenvalue weighted by molar-refractivity contribution is 0.0789. The van der Waals surface area contributed by atoms with Gasteiger partial charge in [-0.15, -0.1) is 0 Å². The van der Waals surface area contributed by atoms with Crippen molar-refractivity contribution < 1.29 is 14.6 Å². The lowest BCUT2D eigenvalue weighted by Gasteiger charge is -2.26. The average molecular weight is 333 g/mol. The summed E-state index contributed by atoms with van der Waals surface area (Å²) in [6, 6.07) is 9.11. The Balaban J connectivity index is 1.81. The molecule has 0 saturated carbocycles. The van der Waals surface area contributed by atoms with Crippen LogP contribution in [0.5, 0.6) is 0 Å². The lowest BCUT2D eigenvalue weighted by atomic mass is 9.99. The van der Waals surface area contributed by atoms with E-state index < -0.39 is 5.54 Å². The van der Waals surface area contributed by atoms with E-state index in [0.29, 0.717) is 30.2 Å². The molecule has 0 radical (unpaired) electrons. The molecule has 1 atom stereocenters. The van der Waals surface area contributed by atoms with Gasteiger partial charge >= 0.3 is 0 Å². The van der Waals surface area contributed by atoms with Crippen LogP contribution in [-0.2, 0) is 4.74 Å². The van der Waals surface area contributed by atoms with Gasteiger partial charge in [-0.3, -0.25) is 9.78 Å². The molecule has 0 bridgehead atoms. The number of carbonyl (C=O) groups is 1. The van der Waals surface area contributed by atoms with Gasteiger partial charge in [0.05, 0.1) is 24.3 Å². The van der Waals surface area contributed by atoms with Gasteiger partial charge < -0.3 is 15.2 Å². The number of amides is 1. The zero-order valence-corrected chi connectivity index (χ0v) is 13.2. The molecule has 3 rings (SSSR count). The second-order valence-electron chi connectivity index (χ2n) is 5.66. The summed E-state index contributed by atoms with van der Waals surface area (Å²) in [6.45, 7) is 0.701. The number of ether oxygens (including phenoxy) is 1. The van der Waals surface area contributed by atoms with Gasteiger partial charge in [0.2, 0.25) is 0 Å². The number of hydrogen-bond donors (Lipinski definition) is 2. The quantitative estimate of drug-likeness (QED) is 0.901. The number of carbonyl (C=O) groups excluding carboxylic acids is 1. The van der Waals surface area contributed by atoms with Gasteiger partial charge in [0.1, 0.15) is 0 Å². The van der Waals surface area contributed by atoms with E-state index in [9.17, 15) is 9.90 Å². The summed E-state index contributed by atoms with van der Waals surface area (Å²) in [6.07, 6.45) is 3.80. The summed E-state index contributed by atoms with van der Waals surface area (Å²) >= 11 is 5.89. The molecule has 2 heterocycles. The first-order valence-corrected chi connectivity index (χ1v) is 7.72. The molecule has 0 aliphatic carbocycles. The monoisotopic (exact) mass is 332 g/mol. The minimum absolute atomic E-state index is 0.150. The van der Waals surface area contributed by atoms with Crippen molar-refractivity contribution in [2.45, 2.75) is 12.0 Å². The molecule has 1 aliphatic heterocycles. The van der Waals surface area contributed by atoms with Crippen molar-refractivity contribution in [3.05, 3.63) is 53.3 Å². The van der Waals surface area contributed by atoms with Gasteiger partial charge in [-0.05, 0) is 30.2 Å². The molecule has 1 fully saturated rings. The van der Waals surface area contributed by atoms with E-state index in [1.165, 1.54) is 6.20 Å². The third-order valence-corrected chi connectivity index (χ3v) is 4.21. The highest BCUT2D eigenvalue weighted by Gasteiger charge is 2.36. The predicted octanol–water partition coefficient (Wildman–Crippen LogP) is 2.28. The van der Waals surface area contributed by atoms with E-state index >= 15 is 0 Å². The molecule has 1 aliphatic rings. The van der Waals surface area contributed by atoms with Crippen molar-refractivity contribution in [3.63, 3.8) is 0 Å². The Morgan fingerprint density at radius 2 is 2.09 bits per heavy atom. The minimum Gasteiger partial charge on any atom is -0.394 e. The van der Waals surface area contributed by atoms with Crippen molar-refractivity contribution in [1.29, 1.82) is 0 Å². The Labute approximate surface area is 139 Å². The van der Waals surface area contributed by atoms with Crippen molar-refractivity contribution in [3.8, 4) is 11.1 Å². The first-order chi connectivity index (χ1) is 11.1. The van der Waals surface area contributed by atoms with Crippen LogP contribution in [0.15, 0.2) is 42.7 Å². The molecule has 6 heteroatoms. The molecule has 2 aromatic rings. The second kappa shape index (κ2) is 6.66. The standard InChI is InChI=1S/C17H17ClN2O3/c18-15-3-1-12(2-4-15)13-7-14(9-19-8-13)16(22)20-17(10-21)5-6-23-11-17/h1-4,7-9,21H,5-6,10-11H2,(H,20,22).